The molecule has 5 rings (SSSR count). The Labute approximate surface area is 274 Å². The van der Waals surface area contributed by atoms with E-state index in [1.54, 1.807) is 6.08 Å². The SMILES string of the molecule is COC(=O)[C@H]1O[C@@H](OCC(=O)[C@H]2CC[C@H]3[C@@H]4CCC5=CC(=O)CC[C@]5(C)[C@H]4[C@@H](O)C[C@]23C)[C@H](OC(C)=O)[C@@H](OC(C)=O)[C@@H]1OC(C)=O. The van der Waals surface area contributed by atoms with Gasteiger partial charge in [0.05, 0.1) is 13.2 Å². The van der Waals surface area contributed by atoms with E-state index in [4.69, 9.17) is 28.4 Å². The minimum Gasteiger partial charge on any atom is -0.467 e. The first-order valence-electron chi connectivity index (χ1n) is 16.4. The number of carbonyl (C=O) groups is 6. The maximum Gasteiger partial charge on any atom is 0.339 e. The Morgan fingerprint density at radius 3 is 2.19 bits per heavy atom. The topological polar surface area (TPSA) is 178 Å². The van der Waals surface area contributed by atoms with Gasteiger partial charge in [0.2, 0.25) is 0 Å². The summed E-state index contributed by atoms with van der Waals surface area (Å²) < 4.78 is 32.6. The molecule has 4 fully saturated rings. The van der Waals surface area contributed by atoms with Crippen molar-refractivity contribution in [2.24, 2.45) is 34.5 Å². The lowest BCUT2D eigenvalue weighted by Crippen LogP contribution is -2.64. The first-order valence-corrected chi connectivity index (χ1v) is 16.4. The van der Waals surface area contributed by atoms with Crippen molar-refractivity contribution in [3.63, 3.8) is 0 Å². The molecule has 0 unspecified atom stereocenters. The van der Waals surface area contributed by atoms with Gasteiger partial charge in [-0.3, -0.25) is 24.0 Å². The molecule has 1 saturated heterocycles. The van der Waals surface area contributed by atoms with Crippen LogP contribution in [0.2, 0.25) is 0 Å². The van der Waals surface area contributed by atoms with Crippen LogP contribution in [0, 0.1) is 34.5 Å². The Balaban J connectivity index is 1.36. The van der Waals surface area contributed by atoms with Crippen LogP contribution in [-0.4, -0.2) is 91.1 Å². The van der Waals surface area contributed by atoms with Crippen LogP contribution in [0.1, 0.15) is 79.6 Å². The Hall–Kier alpha value is -3.16. The molecule has 0 aromatic carbocycles. The molecule has 0 aromatic heterocycles. The molecule has 1 N–H and O–H groups in total. The van der Waals surface area contributed by atoms with Crippen LogP contribution in [0.5, 0.6) is 0 Å². The zero-order valence-electron chi connectivity index (χ0n) is 27.9. The quantitative estimate of drug-likeness (QED) is 0.296. The second-order valence-electron chi connectivity index (χ2n) is 14.2. The van der Waals surface area contributed by atoms with Crippen molar-refractivity contribution in [2.45, 2.75) is 116 Å². The molecule has 0 spiro atoms. The third kappa shape index (κ3) is 6.50. The lowest BCUT2D eigenvalue weighted by molar-refractivity contribution is -0.300. The normalized spacial score (nSPS) is 40.9. The number of ketones is 2. The van der Waals surface area contributed by atoms with Gasteiger partial charge in [-0.05, 0) is 73.2 Å². The third-order valence-corrected chi connectivity index (χ3v) is 11.5. The van der Waals surface area contributed by atoms with Gasteiger partial charge in [-0.1, -0.05) is 19.4 Å². The molecule has 260 valence electrons. The Kier molecular flexibility index (Phi) is 10.0. The van der Waals surface area contributed by atoms with E-state index in [1.165, 1.54) is 0 Å². The fourth-order valence-electron chi connectivity index (χ4n) is 9.69. The van der Waals surface area contributed by atoms with Crippen LogP contribution >= 0.6 is 0 Å². The Morgan fingerprint density at radius 2 is 1.55 bits per heavy atom. The highest BCUT2D eigenvalue weighted by atomic mass is 16.7. The zero-order chi connectivity index (χ0) is 34.4. The molecule has 5 aliphatic rings. The van der Waals surface area contributed by atoms with E-state index in [9.17, 15) is 33.9 Å². The summed E-state index contributed by atoms with van der Waals surface area (Å²) >= 11 is 0. The van der Waals surface area contributed by atoms with Crippen molar-refractivity contribution < 1.29 is 62.3 Å². The van der Waals surface area contributed by atoms with Crippen molar-refractivity contribution in [1.29, 1.82) is 0 Å². The van der Waals surface area contributed by atoms with Gasteiger partial charge in [0.1, 0.15) is 6.61 Å². The highest BCUT2D eigenvalue weighted by Crippen LogP contribution is 2.66. The molecule has 0 radical (unpaired) electrons. The molecule has 13 heteroatoms. The standard InChI is InChI=1S/C34H46O13/c1-16(35)44-27-28(45-17(2)36)30(46-18(3)37)32(47-29(27)31(41)42-6)43-15-25(40)23-10-9-22-21-8-7-19-13-20(38)11-12-33(19,4)26(21)24(39)14-34(22,23)5/h13,21-24,26-30,32,39H,7-12,14-15H2,1-6H3/t21-,22-,23+,24-,26+,27-,28-,29-,30+,32+,33-,34-/m0/s1. The van der Waals surface area contributed by atoms with Gasteiger partial charge in [0, 0.05) is 33.1 Å². The number of fused-ring (bicyclic) bond motifs is 5. The maximum absolute atomic E-state index is 13.9. The summed E-state index contributed by atoms with van der Waals surface area (Å²) in [6.45, 7) is 7.05. The van der Waals surface area contributed by atoms with Crippen LogP contribution < -0.4 is 0 Å². The van der Waals surface area contributed by atoms with Gasteiger partial charge in [0.15, 0.2) is 42.3 Å². The summed E-state index contributed by atoms with van der Waals surface area (Å²) in [7, 11) is 1.09. The molecule has 47 heavy (non-hydrogen) atoms. The minimum absolute atomic E-state index is 0.0116. The molecule has 3 saturated carbocycles. The van der Waals surface area contributed by atoms with Gasteiger partial charge >= 0.3 is 23.9 Å². The molecule has 12 atom stereocenters. The van der Waals surface area contributed by atoms with E-state index in [1.807, 2.05) is 0 Å². The number of methoxy groups -OCH3 is 1. The molecular formula is C34H46O13. The summed E-state index contributed by atoms with van der Waals surface area (Å²) in [6.07, 6.45) is -1.88. The number of esters is 4. The molecule has 13 nitrogen and oxygen atoms in total. The first-order chi connectivity index (χ1) is 22.1. The molecule has 0 amide bonds. The largest absolute Gasteiger partial charge is 0.467 e. The van der Waals surface area contributed by atoms with Crippen LogP contribution in [0.15, 0.2) is 11.6 Å². The summed E-state index contributed by atoms with van der Waals surface area (Å²) in [6, 6.07) is 0. The fourth-order valence-corrected chi connectivity index (χ4v) is 9.69. The van der Waals surface area contributed by atoms with E-state index < -0.39 is 78.6 Å². The fraction of sp³-hybridized carbons (Fsp3) is 0.765. The van der Waals surface area contributed by atoms with E-state index in [-0.39, 0.29) is 34.7 Å². The second kappa shape index (κ2) is 13.4. The second-order valence-corrected chi connectivity index (χ2v) is 14.2. The number of ether oxygens (including phenoxy) is 6. The minimum atomic E-state index is -1.62. The van der Waals surface area contributed by atoms with Crippen LogP contribution in [-0.2, 0) is 57.2 Å². The van der Waals surface area contributed by atoms with Crippen molar-refractivity contribution in [2.75, 3.05) is 13.7 Å². The van der Waals surface area contributed by atoms with Crippen molar-refractivity contribution in [3.05, 3.63) is 11.6 Å². The van der Waals surface area contributed by atoms with E-state index in [0.29, 0.717) is 19.3 Å². The van der Waals surface area contributed by atoms with Crippen molar-refractivity contribution in [1.82, 2.24) is 0 Å². The summed E-state index contributed by atoms with van der Waals surface area (Å²) in [4.78, 5) is 75.0. The highest BCUT2D eigenvalue weighted by molar-refractivity contribution is 5.91. The number of hydrogen-bond acceptors (Lipinski definition) is 13. The monoisotopic (exact) mass is 662 g/mol. The lowest BCUT2D eigenvalue weighted by atomic mass is 9.46. The Bertz CT molecular complexity index is 1340. The number of Topliss-reactive ketones (excluding diaryl/α,β-unsaturated/α-hetero) is 1. The predicted molar refractivity (Wildman–Crippen MR) is 160 cm³/mol. The zero-order valence-corrected chi connectivity index (χ0v) is 27.9. The summed E-state index contributed by atoms with van der Waals surface area (Å²) in [5.41, 5.74) is 0.395. The first kappa shape index (κ1) is 35.2. The summed E-state index contributed by atoms with van der Waals surface area (Å²) in [5, 5.41) is 11.7. The number of aliphatic hydroxyl groups is 1. The van der Waals surface area contributed by atoms with Gasteiger partial charge in [0.25, 0.3) is 0 Å². The van der Waals surface area contributed by atoms with Gasteiger partial charge in [-0.25, -0.2) is 4.79 Å². The molecule has 4 aliphatic carbocycles. The van der Waals surface area contributed by atoms with Gasteiger partial charge < -0.3 is 33.5 Å². The number of allylic oxidation sites excluding steroid dienone is 1. The lowest BCUT2D eigenvalue weighted by Gasteiger charge is -2.59. The van der Waals surface area contributed by atoms with Crippen LogP contribution in [0.25, 0.3) is 0 Å². The summed E-state index contributed by atoms with van der Waals surface area (Å²) in [5.74, 6) is -3.52. The van der Waals surface area contributed by atoms with Crippen molar-refractivity contribution in [3.8, 4) is 0 Å². The van der Waals surface area contributed by atoms with Gasteiger partial charge in [-0.2, -0.15) is 0 Å². The van der Waals surface area contributed by atoms with E-state index >= 15 is 0 Å². The number of rotatable bonds is 8. The smallest absolute Gasteiger partial charge is 0.339 e. The molecule has 0 bridgehead atoms. The average molecular weight is 663 g/mol. The molecular weight excluding hydrogens is 616 g/mol. The van der Waals surface area contributed by atoms with Gasteiger partial charge in [-0.15, -0.1) is 0 Å². The molecule has 1 heterocycles. The number of hydrogen-bond donors (Lipinski definition) is 1. The third-order valence-electron chi connectivity index (χ3n) is 11.5. The average Bonchev–Trinajstić information content (AvgIpc) is 3.33. The highest BCUT2D eigenvalue weighted by Gasteiger charge is 2.63. The van der Waals surface area contributed by atoms with Crippen LogP contribution in [0.3, 0.4) is 0 Å². The predicted octanol–water partition coefficient (Wildman–Crippen LogP) is 2.38. The number of aliphatic hydroxyl groups excluding tert-OH is 1. The number of carbonyl (C=O) groups excluding carboxylic acids is 6. The Morgan fingerprint density at radius 1 is 0.915 bits per heavy atom. The van der Waals surface area contributed by atoms with Crippen molar-refractivity contribution >= 4 is 35.4 Å². The van der Waals surface area contributed by atoms with E-state index in [2.05, 4.69) is 13.8 Å². The maximum atomic E-state index is 13.9. The molecule has 0 aromatic rings. The van der Waals surface area contributed by atoms with Crippen LogP contribution in [0.4, 0.5) is 0 Å². The van der Waals surface area contributed by atoms with E-state index in [0.717, 1.165) is 59.1 Å². The molecule has 1 aliphatic heterocycles.